The molecule has 5 nitrogen and oxygen atoms in total. The maximum atomic E-state index is 12.8. The summed E-state index contributed by atoms with van der Waals surface area (Å²) < 4.78 is 39.4. The fourth-order valence-electron chi connectivity index (χ4n) is 1.70. The van der Waals surface area contributed by atoms with Crippen LogP contribution >= 0.6 is 11.3 Å². The van der Waals surface area contributed by atoms with Crippen LogP contribution in [0.4, 0.5) is 4.39 Å². The van der Waals surface area contributed by atoms with Gasteiger partial charge in [-0.25, -0.2) is 22.3 Å². The average Bonchev–Trinajstić information content (AvgIpc) is 2.81. The fourth-order valence-corrected chi connectivity index (χ4v) is 4.14. The van der Waals surface area contributed by atoms with Crippen LogP contribution in [0, 0.1) is 12.7 Å². The minimum atomic E-state index is -3.81. The summed E-state index contributed by atoms with van der Waals surface area (Å²) in [5.74, 6) is -1.57. The Bertz CT molecular complexity index is 766. The highest BCUT2D eigenvalue weighted by Gasteiger charge is 2.21. The Labute approximate surface area is 125 Å². The Hall–Kier alpha value is -1.77. The van der Waals surface area contributed by atoms with Gasteiger partial charge in [-0.2, -0.15) is 0 Å². The second-order valence-corrected chi connectivity index (χ2v) is 7.28. The lowest BCUT2D eigenvalue weighted by molar-refractivity contribution is 0.0702. The first-order chi connectivity index (χ1) is 9.79. The molecule has 0 fully saturated rings. The van der Waals surface area contributed by atoms with Crippen LogP contribution in [0.5, 0.6) is 0 Å². The van der Waals surface area contributed by atoms with Crippen molar-refractivity contribution in [3.8, 4) is 0 Å². The summed E-state index contributed by atoms with van der Waals surface area (Å²) in [7, 11) is -3.81. The molecule has 2 aromatic rings. The molecule has 1 heterocycles. The minimum absolute atomic E-state index is 0.000302. The van der Waals surface area contributed by atoms with E-state index in [9.17, 15) is 17.6 Å². The molecule has 0 unspecified atom stereocenters. The molecule has 0 aliphatic rings. The number of halogens is 1. The van der Waals surface area contributed by atoms with Gasteiger partial charge in [0.05, 0.1) is 4.90 Å². The van der Waals surface area contributed by atoms with Crippen LogP contribution in [-0.2, 0) is 16.6 Å². The van der Waals surface area contributed by atoms with Crippen LogP contribution < -0.4 is 4.72 Å². The lowest BCUT2D eigenvalue weighted by Crippen LogP contribution is -2.23. The Morgan fingerprint density at radius 2 is 1.95 bits per heavy atom. The number of carboxylic acid groups (broad SMARTS) is 1. The van der Waals surface area contributed by atoms with E-state index in [0.717, 1.165) is 17.4 Å². The highest BCUT2D eigenvalue weighted by molar-refractivity contribution is 7.89. The summed E-state index contributed by atoms with van der Waals surface area (Å²) in [6, 6.07) is 6.56. The number of carbonyl (C=O) groups is 1. The molecule has 0 atom stereocenters. The Kier molecular flexibility index (Phi) is 4.40. The highest BCUT2D eigenvalue weighted by atomic mass is 32.2. The van der Waals surface area contributed by atoms with Crippen molar-refractivity contribution in [2.45, 2.75) is 18.4 Å². The van der Waals surface area contributed by atoms with E-state index in [-0.39, 0.29) is 16.3 Å². The van der Waals surface area contributed by atoms with Crippen molar-refractivity contribution >= 4 is 27.3 Å². The van der Waals surface area contributed by atoms with Gasteiger partial charge in [0, 0.05) is 11.4 Å². The summed E-state index contributed by atoms with van der Waals surface area (Å²) in [5.41, 5.74) is 0.603. The summed E-state index contributed by atoms with van der Waals surface area (Å²) in [5, 5.41) is 8.88. The van der Waals surface area contributed by atoms with Gasteiger partial charge in [0.15, 0.2) is 0 Å². The fraction of sp³-hybridized carbons (Fsp3) is 0.154. The molecule has 8 heteroatoms. The van der Waals surface area contributed by atoms with Crippen molar-refractivity contribution in [3.05, 3.63) is 51.5 Å². The van der Waals surface area contributed by atoms with Crippen molar-refractivity contribution in [3.63, 3.8) is 0 Å². The molecule has 0 amide bonds. The molecule has 2 rings (SSSR count). The maximum Gasteiger partial charge on any atom is 0.345 e. The van der Waals surface area contributed by atoms with E-state index in [4.69, 9.17) is 5.11 Å². The van der Waals surface area contributed by atoms with E-state index < -0.39 is 21.8 Å². The lowest BCUT2D eigenvalue weighted by Gasteiger charge is -2.06. The summed E-state index contributed by atoms with van der Waals surface area (Å²) >= 11 is 0.905. The van der Waals surface area contributed by atoms with Crippen LogP contribution in [0.3, 0.4) is 0 Å². The van der Waals surface area contributed by atoms with Crippen molar-refractivity contribution in [1.29, 1.82) is 0 Å². The van der Waals surface area contributed by atoms with E-state index in [2.05, 4.69) is 4.72 Å². The number of hydrogen-bond donors (Lipinski definition) is 2. The van der Waals surface area contributed by atoms with Gasteiger partial charge in [0.25, 0.3) is 0 Å². The maximum absolute atomic E-state index is 12.8. The van der Waals surface area contributed by atoms with Gasteiger partial charge < -0.3 is 5.11 Å². The first kappa shape index (κ1) is 15.6. The molecule has 0 radical (unpaired) electrons. The van der Waals surface area contributed by atoms with Gasteiger partial charge >= 0.3 is 5.97 Å². The van der Waals surface area contributed by atoms with Crippen LogP contribution in [-0.4, -0.2) is 19.5 Å². The first-order valence-corrected chi connectivity index (χ1v) is 8.17. The van der Waals surface area contributed by atoms with E-state index in [0.29, 0.717) is 10.4 Å². The van der Waals surface area contributed by atoms with E-state index in [1.54, 1.807) is 6.92 Å². The third-order valence-corrected chi connectivity index (χ3v) is 5.45. The number of rotatable bonds is 5. The molecule has 0 bridgehead atoms. The monoisotopic (exact) mass is 329 g/mol. The zero-order valence-corrected chi connectivity index (χ0v) is 12.6. The van der Waals surface area contributed by atoms with Gasteiger partial charge in [0.1, 0.15) is 10.7 Å². The summed E-state index contributed by atoms with van der Waals surface area (Å²) in [6.45, 7) is 1.55. The Morgan fingerprint density at radius 1 is 1.33 bits per heavy atom. The normalized spacial score (nSPS) is 11.5. The first-order valence-electron chi connectivity index (χ1n) is 5.87. The number of benzene rings is 1. The zero-order valence-electron chi connectivity index (χ0n) is 11.0. The Morgan fingerprint density at radius 3 is 2.48 bits per heavy atom. The number of nitrogens with one attached hydrogen (secondary N) is 1. The molecular formula is C13H12FNO4S2. The van der Waals surface area contributed by atoms with Crippen molar-refractivity contribution < 1.29 is 22.7 Å². The third kappa shape index (κ3) is 3.66. The van der Waals surface area contributed by atoms with Crippen molar-refractivity contribution in [2.24, 2.45) is 0 Å². The number of sulfonamides is 1. The van der Waals surface area contributed by atoms with Gasteiger partial charge in [-0.3, -0.25) is 0 Å². The lowest BCUT2D eigenvalue weighted by atomic mass is 10.2. The SMILES string of the molecule is Cc1sc(C(=O)O)cc1S(=O)(=O)NCc1ccc(F)cc1. The predicted octanol–water partition coefficient (Wildman–Crippen LogP) is 2.37. The highest BCUT2D eigenvalue weighted by Crippen LogP contribution is 2.25. The van der Waals surface area contributed by atoms with Crippen LogP contribution in [0.25, 0.3) is 0 Å². The number of hydrogen-bond acceptors (Lipinski definition) is 4. The molecule has 0 aliphatic carbocycles. The quantitative estimate of drug-likeness (QED) is 0.882. The van der Waals surface area contributed by atoms with Crippen molar-refractivity contribution in [1.82, 2.24) is 4.72 Å². The average molecular weight is 329 g/mol. The van der Waals surface area contributed by atoms with E-state index in [1.807, 2.05) is 0 Å². The molecule has 0 saturated heterocycles. The second kappa shape index (κ2) is 5.92. The molecule has 1 aromatic heterocycles. The van der Waals surface area contributed by atoms with Crippen LogP contribution in [0.2, 0.25) is 0 Å². The van der Waals surface area contributed by atoms with Gasteiger partial charge in [0.2, 0.25) is 10.0 Å². The van der Waals surface area contributed by atoms with Gasteiger partial charge in [-0.05, 0) is 30.7 Å². The number of carboxylic acids is 1. The minimum Gasteiger partial charge on any atom is -0.477 e. The largest absolute Gasteiger partial charge is 0.477 e. The molecule has 0 saturated carbocycles. The molecule has 0 aliphatic heterocycles. The standard InChI is InChI=1S/C13H12FNO4S2/c1-8-12(6-11(20-8)13(16)17)21(18,19)15-7-9-2-4-10(14)5-3-9/h2-6,15H,7H2,1H3,(H,16,17). The molecular weight excluding hydrogens is 317 g/mol. The second-order valence-electron chi connectivity index (χ2n) is 4.29. The molecule has 112 valence electrons. The van der Waals surface area contributed by atoms with Crippen molar-refractivity contribution in [2.75, 3.05) is 0 Å². The number of aromatic carboxylic acids is 1. The van der Waals surface area contributed by atoms with Gasteiger partial charge in [-0.1, -0.05) is 12.1 Å². The molecule has 2 N–H and O–H groups in total. The van der Waals surface area contributed by atoms with E-state index >= 15 is 0 Å². The topological polar surface area (TPSA) is 83.5 Å². The number of thiophene rings is 1. The van der Waals surface area contributed by atoms with Crippen LogP contribution in [0.1, 0.15) is 20.1 Å². The number of aryl methyl sites for hydroxylation is 1. The predicted molar refractivity (Wildman–Crippen MR) is 76.4 cm³/mol. The van der Waals surface area contributed by atoms with Crippen LogP contribution in [0.15, 0.2) is 35.2 Å². The summed E-state index contributed by atoms with van der Waals surface area (Å²) in [4.78, 5) is 11.2. The Balaban J connectivity index is 2.18. The summed E-state index contributed by atoms with van der Waals surface area (Å²) in [6.07, 6.45) is 0. The van der Waals surface area contributed by atoms with Gasteiger partial charge in [-0.15, -0.1) is 11.3 Å². The third-order valence-electron chi connectivity index (χ3n) is 2.75. The zero-order chi connectivity index (χ0) is 15.6. The smallest absolute Gasteiger partial charge is 0.345 e. The molecule has 0 spiro atoms. The molecule has 1 aromatic carbocycles. The van der Waals surface area contributed by atoms with E-state index in [1.165, 1.54) is 24.3 Å². The molecule has 21 heavy (non-hydrogen) atoms.